The van der Waals surface area contributed by atoms with Crippen molar-refractivity contribution in [3.63, 3.8) is 0 Å². The normalized spacial score (nSPS) is 14.2. The van der Waals surface area contributed by atoms with Gasteiger partial charge in [-0.2, -0.15) is 0 Å². The molecule has 0 bridgehead atoms. The number of aryl methyl sites for hydroxylation is 3. The number of rotatable bonds is 5. The molecule has 1 saturated carbocycles. The summed E-state index contributed by atoms with van der Waals surface area (Å²) in [5.41, 5.74) is 5.06. The lowest BCUT2D eigenvalue weighted by atomic mass is 10.1. The Balaban J connectivity index is 1.70. The van der Waals surface area contributed by atoms with E-state index in [0.29, 0.717) is 0 Å². The van der Waals surface area contributed by atoms with Gasteiger partial charge in [0.2, 0.25) is 0 Å². The van der Waals surface area contributed by atoms with Crippen molar-refractivity contribution in [2.75, 3.05) is 0 Å². The third kappa shape index (κ3) is 3.64. The number of ether oxygens (including phenoxy) is 1. The molecular weight excluding hydrogens is 258 g/mol. The first kappa shape index (κ1) is 14.2. The number of benzene rings is 2. The molecule has 1 aliphatic rings. The Morgan fingerprint density at radius 3 is 2.43 bits per heavy atom. The molecular formula is C19H23NO. The summed E-state index contributed by atoms with van der Waals surface area (Å²) >= 11 is 0. The number of hydrogen-bond donors (Lipinski definition) is 1. The van der Waals surface area contributed by atoms with Gasteiger partial charge >= 0.3 is 0 Å². The van der Waals surface area contributed by atoms with E-state index in [1.165, 1.54) is 35.1 Å². The van der Waals surface area contributed by atoms with E-state index in [1.54, 1.807) is 0 Å². The maximum absolute atomic E-state index is 6.02. The van der Waals surface area contributed by atoms with E-state index in [0.717, 1.165) is 24.1 Å². The van der Waals surface area contributed by atoms with E-state index in [4.69, 9.17) is 4.74 Å². The summed E-state index contributed by atoms with van der Waals surface area (Å²) in [5.74, 6) is 1.85. The summed E-state index contributed by atoms with van der Waals surface area (Å²) in [6, 6.07) is 13.4. The van der Waals surface area contributed by atoms with Gasteiger partial charge in [0.25, 0.3) is 0 Å². The first-order chi connectivity index (χ1) is 10.1. The molecule has 0 aliphatic heterocycles. The molecule has 0 amide bonds. The van der Waals surface area contributed by atoms with Crippen LogP contribution in [0.5, 0.6) is 11.5 Å². The molecule has 110 valence electrons. The molecule has 2 aromatic rings. The Morgan fingerprint density at radius 2 is 1.76 bits per heavy atom. The number of nitrogens with one attached hydrogen (secondary N) is 1. The van der Waals surface area contributed by atoms with Crippen LogP contribution in [0.4, 0.5) is 0 Å². The molecule has 0 unspecified atom stereocenters. The molecule has 1 N–H and O–H groups in total. The predicted molar refractivity (Wildman–Crippen MR) is 87.0 cm³/mol. The van der Waals surface area contributed by atoms with Crippen LogP contribution in [-0.4, -0.2) is 6.04 Å². The topological polar surface area (TPSA) is 21.3 Å². The van der Waals surface area contributed by atoms with E-state index in [9.17, 15) is 0 Å². The van der Waals surface area contributed by atoms with Crippen LogP contribution < -0.4 is 10.1 Å². The van der Waals surface area contributed by atoms with Crippen LogP contribution in [0.25, 0.3) is 0 Å². The zero-order valence-electron chi connectivity index (χ0n) is 13.1. The molecule has 0 radical (unpaired) electrons. The second-order valence-corrected chi connectivity index (χ2v) is 6.10. The predicted octanol–water partition coefficient (Wildman–Crippen LogP) is 4.66. The van der Waals surface area contributed by atoms with Crippen LogP contribution in [0.1, 0.15) is 35.1 Å². The summed E-state index contributed by atoms with van der Waals surface area (Å²) in [5, 5.41) is 3.54. The second kappa shape index (κ2) is 5.90. The molecule has 2 heteroatoms. The van der Waals surface area contributed by atoms with Crippen molar-refractivity contribution in [2.45, 2.75) is 46.2 Å². The average Bonchev–Trinajstić information content (AvgIpc) is 3.27. The van der Waals surface area contributed by atoms with Crippen molar-refractivity contribution >= 4 is 0 Å². The summed E-state index contributed by atoms with van der Waals surface area (Å²) < 4.78 is 6.02. The first-order valence-electron chi connectivity index (χ1n) is 7.70. The Labute approximate surface area is 127 Å². The van der Waals surface area contributed by atoms with Crippen molar-refractivity contribution in [1.29, 1.82) is 0 Å². The van der Waals surface area contributed by atoms with Crippen molar-refractivity contribution in [2.24, 2.45) is 0 Å². The molecule has 1 aliphatic carbocycles. The maximum Gasteiger partial charge on any atom is 0.130 e. The fourth-order valence-corrected chi connectivity index (χ4v) is 2.39. The van der Waals surface area contributed by atoms with Crippen molar-refractivity contribution in [3.8, 4) is 11.5 Å². The summed E-state index contributed by atoms with van der Waals surface area (Å²) in [6.45, 7) is 7.29. The van der Waals surface area contributed by atoms with Crippen LogP contribution in [-0.2, 0) is 6.54 Å². The van der Waals surface area contributed by atoms with E-state index in [1.807, 2.05) is 6.07 Å². The molecule has 2 nitrogen and oxygen atoms in total. The Bertz CT molecular complexity index is 644. The molecule has 21 heavy (non-hydrogen) atoms. The highest BCUT2D eigenvalue weighted by molar-refractivity contribution is 5.41. The fraction of sp³-hybridized carbons (Fsp3) is 0.368. The first-order valence-corrected chi connectivity index (χ1v) is 7.70. The van der Waals surface area contributed by atoms with Crippen LogP contribution in [0.15, 0.2) is 36.4 Å². The van der Waals surface area contributed by atoms with E-state index in [2.05, 4.69) is 56.4 Å². The fourth-order valence-electron chi connectivity index (χ4n) is 2.39. The van der Waals surface area contributed by atoms with Gasteiger partial charge in [-0.25, -0.2) is 0 Å². The average molecular weight is 281 g/mol. The third-order valence-electron chi connectivity index (χ3n) is 4.12. The van der Waals surface area contributed by atoms with Crippen molar-refractivity contribution in [3.05, 3.63) is 58.7 Å². The van der Waals surface area contributed by atoms with Gasteiger partial charge in [-0.1, -0.05) is 18.2 Å². The van der Waals surface area contributed by atoms with E-state index < -0.39 is 0 Å². The molecule has 0 aromatic heterocycles. The van der Waals surface area contributed by atoms with Gasteiger partial charge in [0.1, 0.15) is 11.5 Å². The SMILES string of the molecule is Cc1ccc(Oc2ccc(CNC3CC3)cc2C)cc1C. The number of hydrogen-bond acceptors (Lipinski definition) is 2. The molecule has 1 fully saturated rings. The van der Waals surface area contributed by atoms with Gasteiger partial charge in [0, 0.05) is 12.6 Å². The maximum atomic E-state index is 6.02. The van der Waals surface area contributed by atoms with Crippen LogP contribution in [0.2, 0.25) is 0 Å². The minimum Gasteiger partial charge on any atom is -0.457 e. The minimum absolute atomic E-state index is 0.747. The summed E-state index contributed by atoms with van der Waals surface area (Å²) in [6.07, 6.45) is 2.65. The zero-order chi connectivity index (χ0) is 14.8. The van der Waals surface area contributed by atoms with E-state index >= 15 is 0 Å². The van der Waals surface area contributed by atoms with Gasteiger partial charge in [0.05, 0.1) is 0 Å². The lowest BCUT2D eigenvalue weighted by Gasteiger charge is -2.12. The van der Waals surface area contributed by atoms with Crippen LogP contribution in [0.3, 0.4) is 0 Å². The summed E-state index contributed by atoms with van der Waals surface area (Å²) in [4.78, 5) is 0. The molecule has 0 saturated heterocycles. The molecule has 3 rings (SSSR count). The molecule has 2 aromatic carbocycles. The zero-order valence-corrected chi connectivity index (χ0v) is 13.1. The lowest BCUT2D eigenvalue weighted by Crippen LogP contribution is -2.15. The lowest BCUT2D eigenvalue weighted by molar-refractivity contribution is 0.478. The largest absolute Gasteiger partial charge is 0.457 e. The Kier molecular flexibility index (Phi) is 3.98. The van der Waals surface area contributed by atoms with Gasteiger partial charge in [-0.05, 0) is 74.1 Å². The van der Waals surface area contributed by atoms with Gasteiger partial charge in [0.15, 0.2) is 0 Å². The van der Waals surface area contributed by atoms with Crippen LogP contribution >= 0.6 is 0 Å². The smallest absolute Gasteiger partial charge is 0.130 e. The van der Waals surface area contributed by atoms with Crippen molar-refractivity contribution < 1.29 is 4.74 Å². The van der Waals surface area contributed by atoms with Gasteiger partial charge in [-0.3, -0.25) is 0 Å². The van der Waals surface area contributed by atoms with Crippen molar-refractivity contribution in [1.82, 2.24) is 5.32 Å². The molecule has 0 spiro atoms. The standard InChI is InChI=1S/C19H23NO/c1-13-4-8-18(11-14(13)2)21-19-9-5-16(10-15(19)3)12-20-17-6-7-17/h4-5,8-11,17,20H,6-7,12H2,1-3H3. The quantitative estimate of drug-likeness (QED) is 0.861. The summed E-state index contributed by atoms with van der Waals surface area (Å²) in [7, 11) is 0. The Hall–Kier alpha value is -1.80. The highest BCUT2D eigenvalue weighted by Crippen LogP contribution is 2.27. The van der Waals surface area contributed by atoms with E-state index in [-0.39, 0.29) is 0 Å². The third-order valence-corrected chi connectivity index (χ3v) is 4.12. The highest BCUT2D eigenvalue weighted by atomic mass is 16.5. The van der Waals surface area contributed by atoms with Gasteiger partial charge in [-0.15, -0.1) is 0 Å². The minimum atomic E-state index is 0.747. The van der Waals surface area contributed by atoms with Crippen LogP contribution in [0, 0.1) is 20.8 Å². The Morgan fingerprint density at radius 1 is 0.952 bits per heavy atom. The van der Waals surface area contributed by atoms with Gasteiger partial charge < -0.3 is 10.1 Å². The second-order valence-electron chi connectivity index (χ2n) is 6.10. The molecule has 0 atom stereocenters. The monoisotopic (exact) mass is 281 g/mol. The highest BCUT2D eigenvalue weighted by Gasteiger charge is 2.19. The molecule has 0 heterocycles.